The molecule has 178 valence electrons. The highest BCUT2D eigenvalue weighted by Crippen LogP contribution is 2.21. The summed E-state index contributed by atoms with van der Waals surface area (Å²) in [5.74, 6) is 0.698. The van der Waals surface area contributed by atoms with Gasteiger partial charge >= 0.3 is 0 Å². The lowest BCUT2D eigenvalue weighted by molar-refractivity contribution is 0.102. The number of anilines is 3. The van der Waals surface area contributed by atoms with Crippen molar-refractivity contribution >= 4 is 23.4 Å². The van der Waals surface area contributed by atoms with E-state index in [2.05, 4.69) is 47.1 Å². The fourth-order valence-corrected chi connectivity index (χ4v) is 4.01. The molecule has 1 atom stereocenters. The van der Waals surface area contributed by atoms with Crippen LogP contribution >= 0.6 is 0 Å². The van der Waals surface area contributed by atoms with Crippen LogP contribution in [-0.4, -0.2) is 61.3 Å². The Morgan fingerprint density at radius 2 is 1.83 bits per heavy atom. The number of halogens is 1. The molecule has 4 aromatic rings. The van der Waals surface area contributed by atoms with Crippen molar-refractivity contribution in [3.8, 4) is 11.3 Å². The third-order valence-electron chi connectivity index (χ3n) is 5.84. The van der Waals surface area contributed by atoms with Gasteiger partial charge < -0.3 is 15.1 Å². The molecule has 0 radical (unpaired) electrons. The van der Waals surface area contributed by atoms with Crippen molar-refractivity contribution in [3.05, 3.63) is 72.8 Å². The Morgan fingerprint density at radius 1 is 1.00 bits per heavy atom. The van der Waals surface area contributed by atoms with Crippen molar-refractivity contribution in [2.45, 2.75) is 13.0 Å². The molecule has 5 rings (SSSR count). The molecule has 1 aliphatic rings. The van der Waals surface area contributed by atoms with Crippen LogP contribution in [0.3, 0.4) is 0 Å². The molecule has 35 heavy (non-hydrogen) atoms. The number of aromatic nitrogens is 6. The predicted octanol–water partition coefficient (Wildman–Crippen LogP) is 2.77. The van der Waals surface area contributed by atoms with Gasteiger partial charge in [-0.15, -0.1) is 0 Å². The van der Waals surface area contributed by atoms with E-state index in [1.807, 2.05) is 13.2 Å². The Balaban J connectivity index is 1.20. The average Bonchev–Trinajstić information content (AvgIpc) is 3.31. The van der Waals surface area contributed by atoms with Gasteiger partial charge in [0.25, 0.3) is 5.91 Å². The normalized spacial score (nSPS) is 15.8. The minimum atomic E-state index is -0.348. The van der Waals surface area contributed by atoms with Crippen LogP contribution in [0.15, 0.2) is 61.4 Å². The quantitative estimate of drug-likeness (QED) is 0.472. The molecule has 11 heteroatoms. The molecule has 0 spiro atoms. The topological polar surface area (TPSA) is 105 Å². The van der Waals surface area contributed by atoms with Crippen LogP contribution in [0.25, 0.3) is 11.3 Å². The van der Waals surface area contributed by atoms with Crippen LogP contribution in [0.2, 0.25) is 0 Å². The van der Waals surface area contributed by atoms with E-state index in [9.17, 15) is 9.18 Å². The molecule has 0 saturated carbocycles. The number of nitrogens with zero attached hydrogens (tertiary/aromatic N) is 8. The van der Waals surface area contributed by atoms with Gasteiger partial charge in [0.05, 0.1) is 41.7 Å². The summed E-state index contributed by atoms with van der Waals surface area (Å²) < 4.78 is 14.9. The second-order valence-electron chi connectivity index (χ2n) is 8.38. The van der Waals surface area contributed by atoms with Gasteiger partial charge in [-0.2, -0.15) is 5.10 Å². The molecule has 0 bridgehead atoms. The Bertz CT molecular complexity index is 1310. The zero-order chi connectivity index (χ0) is 24.4. The van der Waals surface area contributed by atoms with Gasteiger partial charge in [-0.3, -0.25) is 14.5 Å². The number of aryl methyl sites for hydroxylation is 1. The third-order valence-corrected chi connectivity index (χ3v) is 5.84. The van der Waals surface area contributed by atoms with Gasteiger partial charge in [0.1, 0.15) is 11.6 Å². The number of pyridine rings is 2. The van der Waals surface area contributed by atoms with Gasteiger partial charge in [0.2, 0.25) is 5.95 Å². The highest BCUT2D eigenvalue weighted by Gasteiger charge is 2.26. The Labute approximate surface area is 201 Å². The number of rotatable bonds is 5. The summed E-state index contributed by atoms with van der Waals surface area (Å²) in [5.41, 5.74) is 2.55. The van der Waals surface area contributed by atoms with E-state index in [0.29, 0.717) is 36.8 Å². The van der Waals surface area contributed by atoms with Crippen molar-refractivity contribution in [1.29, 1.82) is 0 Å². The number of carbonyl (C=O) groups excluding carboxylic acids is 1. The SMILES string of the molecule is C[C@H]1CN(c2ccc(F)cn2)CCN1c1ncc(NC(=O)c2ccc(-c3cnn(C)c3)nc2)cn1. The molecule has 1 fully saturated rings. The number of nitrogens with one attached hydrogen (secondary N) is 1. The van der Waals surface area contributed by atoms with Crippen molar-refractivity contribution < 1.29 is 9.18 Å². The molecule has 5 heterocycles. The lowest BCUT2D eigenvalue weighted by Crippen LogP contribution is -2.53. The zero-order valence-corrected chi connectivity index (χ0v) is 19.3. The molecule has 10 nitrogen and oxygen atoms in total. The fraction of sp³-hybridized carbons (Fsp3) is 0.250. The first-order chi connectivity index (χ1) is 17.0. The second kappa shape index (κ2) is 9.45. The molecule has 0 aromatic carbocycles. The van der Waals surface area contributed by atoms with Gasteiger partial charge in [-0.1, -0.05) is 0 Å². The summed E-state index contributed by atoms with van der Waals surface area (Å²) in [7, 11) is 1.84. The number of piperazine rings is 1. The lowest BCUT2D eigenvalue weighted by Gasteiger charge is -2.40. The Hall–Kier alpha value is -4.41. The molecule has 0 aliphatic carbocycles. The molecule has 1 aliphatic heterocycles. The van der Waals surface area contributed by atoms with E-state index in [-0.39, 0.29) is 17.8 Å². The Kier molecular flexibility index (Phi) is 6.04. The van der Waals surface area contributed by atoms with Crippen LogP contribution in [-0.2, 0) is 7.05 Å². The third kappa shape index (κ3) is 4.93. The first-order valence-corrected chi connectivity index (χ1v) is 11.2. The van der Waals surface area contributed by atoms with Crippen molar-refractivity contribution in [2.24, 2.45) is 7.05 Å². The molecule has 1 saturated heterocycles. The van der Waals surface area contributed by atoms with Gasteiger partial charge in [0, 0.05) is 50.7 Å². The largest absolute Gasteiger partial charge is 0.353 e. The van der Waals surface area contributed by atoms with Crippen LogP contribution in [0.1, 0.15) is 17.3 Å². The maximum absolute atomic E-state index is 13.2. The summed E-state index contributed by atoms with van der Waals surface area (Å²) >= 11 is 0. The maximum Gasteiger partial charge on any atom is 0.257 e. The van der Waals surface area contributed by atoms with Gasteiger partial charge in [0.15, 0.2) is 0 Å². The van der Waals surface area contributed by atoms with E-state index in [1.165, 1.54) is 18.5 Å². The van der Waals surface area contributed by atoms with Crippen LogP contribution < -0.4 is 15.1 Å². The molecular formula is C24H24FN9O. The van der Waals surface area contributed by atoms with Crippen molar-refractivity contribution in [1.82, 2.24) is 29.7 Å². The molecular weight excluding hydrogens is 449 g/mol. The predicted molar refractivity (Wildman–Crippen MR) is 130 cm³/mol. The van der Waals surface area contributed by atoms with E-state index in [1.54, 1.807) is 41.5 Å². The first-order valence-electron chi connectivity index (χ1n) is 11.2. The summed E-state index contributed by atoms with van der Waals surface area (Å²) in [5, 5.41) is 6.94. The van der Waals surface area contributed by atoms with E-state index in [4.69, 9.17) is 0 Å². The van der Waals surface area contributed by atoms with Crippen LogP contribution in [0.5, 0.6) is 0 Å². The number of hydrogen-bond acceptors (Lipinski definition) is 8. The van der Waals surface area contributed by atoms with E-state index < -0.39 is 0 Å². The molecule has 0 unspecified atom stereocenters. The van der Waals surface area contributed by atoms with Crippen LogP contribution in [0, 0.1) is 5.82 Å². The second-order valence-corrected chi connectivity index (χ2v) is 8.38. The summed E-state index contributed by atoms with van der Waals surface area (Å²) in [6, 6.07) is 6.74. The number of hydrogen-bond donors (Lipinski definition) is 1. The Morgan fingerprint density at radius 3 is 2.46 bits per heavy atom. The highest BCUT2D eigenvalue weighted by molar-refractivity contribution is 6.04. The molecule has 1 N–H and O–H groups in total. The van der Waals surface area contributed by atoms with Crippen LogP contribution in [0.4, 0.5) is 21.8 Å². The average molecular weight is 474 g/mol. The highest BCUT2D eigenvalue weighted by atomic mass is 19.1. The minimum absolute atomic E-state index is 0.125. The monoisotopic (exact) mass is 473 g/mol. The van der Waals surface area contributed by atoms with Crippen molar-refractivity contribution in [3.63, 3.8) is 0 Å². The standard InChI is InChI=1S/C24H24FN9O/c1-16-14-33(22-6-4-19(25)11-27-22)7-8-34(16)24-28-12-20(13-29-24)31-23(35)17-3-5-21(26-9-17)18-10-30-32(2)15-18/h3-6,9-13,15-16H,7-8,14H2,1-2H3,(H,31,35)/t16-/m0/s1. The lowest BCUT2D eigenvalue weighted by atomic mass is 10.2. The van der Waals surface area contributed by atoms with Crippen molar-refractivity contribution in [2.75, 3.05) is 34.8 Å². The molecule has 4 aromatic heterocycles. The minimum Gasteiger partial charge on any atom is -0.353 e. The summed E-state index contributed by atoms with van der Waals surface area (Å²) in [6.45, 7) is 4.20. The van der Waals surface area contributed by atoms with Gasteiger partial charge in [-0.25, -0.2) is 19.3 Å². The smallest absolute Gasteiger partial charge is 0.257 e. The van der Waals surface area contributed by atoms with E-state index in [0.717, 1.165) is 17.1 Å². The molecule has 1 amide bonds. The number of carbonyl (C=O) groups is 1. The van der Waals surface area contributed by atoms with E-state index >= 15 is 0 Å². The maximum atomic E-state index is 13.2. The first kappa shape index (κ1) is 22.4. The summed E-state index contributed by atoms with van der Waals surface area (Å²) in [6.07, 6.45) is 9.54. The fourth-order valence-electron chi connectivity index (χ4n) is 4.01. The van der Waals surface area contributed by atoms with Gasteiger partial charge in [-0.05, 0) is 31.2 Å². The zero-order valence-electron chi connectivity index (χ0n) is 19.3. The number of amides is 1. The summed E-state index contributed by atoms with van der Waals surface area (Å²) in [4.78, 5) is 34.3.